The molecule has 0 radical (unpaired) electrons. The topological polar surface area (TPSA) is 50.5 Å². The average molecular weight is 239 g/mol. The van der Waals surface area contributed by atoms with E-state index < -0.39 is 0 Å². The van der Waals surface area contributed by atoms with Gasteiger partial charge < -0.3 is 9.84 Å². The second-order valence-corrected chi connectivity index (χ2v) is 4.05. The fourth-order valence-corrected chi connectivity index (χ4v) is 1.70. The third kappa shape index (κ3) is 3.57. The van der Waals surface area contributed by atoms with Crippen molar-refractivity contribution in [2.24, 2.45) is 7.05 Å². The number of aryl methyl sites for hydroxylation is 2. The molecule has 0 spiro atoms. The molecule has 0 aromatic carbocycles. The first-order valence-electron chi connectivity index (χ1n) is 5.65. The lowest BCUT2D eigenvalue weighted by molar-refractivity contribution is 0.214. The van der Waals surface area contributed by atoms with Crippen molar-refractivity contribution in [3.8, 4) is 5.88 Å². The minimum Gasteiger partial charge on any atom is -0.473 e. The quantitative estimate of drug-likeness (QED) is 0.712. The van der Waals surface area contributed by atoms with E-state index in [1.54, 1.807) is 10.8 Å². The molecule has 1 heterocycles. The molecule has 0 bridgehead atoms. The maximum absolute atomic E-state index is 8.89. The molecule has 0 aliphatic heterocycles. The van der Waals surface area contributed by atoms with Crippen LogP contribution in [0, 0.1) is 6.92 Å². The summed E-state index contributed by atoms with van der Waals surface area (Å²) < 4.78 is 7.35. The Morgan fingerprint density at radius 1 is 1.59 bits per heavy atom. The fraction of sp³-hybridized carbons (Fsp3) is 0.583. The van der Waals surface area contributed by atoms with E-state index in [-0.39, 0.29) is 6.61 Å². The molecule has 0 aliphatic rings. The predicted octanol–water partition coefficient (Wildman–Crippen LogP) is 0.717. The van der Waals surface area contributed by atoms with E-state index in [1.165, 1.54) is 0 Å². The van der Waals surface area contributed by atoms with E-state index in [2.05, 4.69) is 11.7 Å². The van der Waals surface area contributed by atoms with Crippen LogP contribution in [0.25, 0.3) is 0 Å². The van der Waals surface area contributed by atoms with Crippen LogP contribution in [0.3, 0.4) is 0 Å². The van der Waals surface area contributed by atoms with Crippen molar-refractivity contribution >= 4 is 0 Å². The maximum Gasteiger partial charge on any atom is 0.216 e. The SMILES string of the molecule is C=CCOc1c(CN(C)CCO)c(C)nn1C. The van der Waals surface area contributed by atoms with E-state index in [1.807, 2.05) is 25.9 Å². The summed E-state index contributed by atoms with van der Waals surface area (Å²) in [6, 6.07) is 0. The van der Waals surface area contributed by atoms with Gasteiger partial charge in [-0.25, -0.2) is 4.68 Å². The van der Waals surface area contributed by atoms with Crippen LogP contribution in [0.1, 0.15) is 11.3 Å². The van der Waals surface area contributed by atoms with E-state index in [0.717, 1.165) is 17.1 Å². The number of hydrogen-bond donors (Lipinski definition) is 1. The van der Waals surface area contributed by atoms with Crippen molar-refractivity contribution in [2.45, 2.75) is 13.5 Å². The van der Waals surface area contributed by atoms with Gasteiger partial charge in [-0.2, -0.15) is 5.10 Å². The van der Waals surface area contributed by atoms with Gasteiger partial charge in [0.15, 0.2) is 0 Å². The number of aromatic nitrogens is 2. The first-order valence-corrected chi connectivity index (χ1v) is 5.65. The van der Waals surface area contributed by atoms with Crippen LogP contribution in [0.2, 0.25) is 0 Å². The van der Waals surface area contributed by atoms with E-state index >= 15 is 0 Å². The van der Waals surface area contributed by atoms with Gasteiger partial charge in [0.1, 0.15) is 6.61 Å². The Morgan fingerprint density at radius 2 is 2.29 bits per heavy atom. The minimum atomic E-state index is 0.151. The number of nitrogens with zero attached hydrogens (tertiary/aromatic N) is 3. The second kappa shape index (κ2) is 6.42. The molecule has 0 fully saturated rings. The van der Waals surface area contributed by atoms with Gasteiger partial charge in [0, 0.05) is 20.1 Å². The Bertz CT molecular complexity index is 374. The molecular formula is C12H21N3O2. The second-order valence-electron chi connectivity index (χ2n) is 4.05. The average Bonchev–Trinajstić information content (AvgIpc) is 2.52. The van der Waals surface area contributed by atoms with E-state index in [0.29, 0.717) is 19.7 Å². The summed E-state index contributed by atoms with van der Waals surface area (Å²) in [6.07, 6.45) is 1.71. The summed E-state index contributed by atoms with van der Waals surface area (Å²) in [5.41, 5.74) is 2.02. The van der Waals surface area contributed by atoms with Gasteiger partial charge >= 0.3 is 0 Å². The lowest BCUT2D eigenvalue weighted by Gasteiger charge is -2.15. The van der Waals surface area contributed by atoms with Gasteiger partial charge in [-0.1, -0.05) is 12.7 Å². The van der Waals surface area contributed by atoms with E-state index in [4.69, 9.17) is 9.84 Å². The van der Waals surface area contributed by atoms with Crippen LogP contribution in [0.5, 0.6) is 5.88 Å². The predicted molar refractivity (Wildman–Crippen MR) is 67.1 cm³/mol. The molecule has 0 atom stereocenters. The number of rotatable bonds is 7. The lowest BCUT2D eigenvalue weighted by Crippen LogP contribution is -2.22. The maximum atomic E-state index is 8.89. The molecule has 0 saturated carbocycles. The smallest absolute Gasteiger partial charge is 0.216 e. The largest absolute Gasteiger partial charge is 0.473 e. The summed E-state index contributed by atoms with van der Waals surface area (Å²) >= 11 is 0. The number of likely N-dealkylation sites (N-methyl/N-ethyl adjacent to an activating group) is 1. The van der Waals surface area contributed by atoms with Crippen LogP contribution < -0.4 is 4.74 Å². The van der Waals surface area contributed by atoms with Crippen molar-refractivity contribution in [1.29, 1.82) is 0 Å². The van der Waals surface area contributed by atoms with Crippen molar-refractivity contribution in [1.82, 2.24) is 14.7 Å². The fourth-order valence-electron chi connectivity index (χ4n) is 1.70. The Hall–Kier alpha value is -1.33. The molecule has 1 aromatic rings. The Balaban J connectivity index is 2.84. The molecule has 96 valence electrons. The molecule has 1 rings (SSSR count). The van der Waals surface area contributed by atoms with Crippen LogP contribution >= 0.6 is 0 Å². The standard InChI is InChI=1S/C12H21N3O2/c1-5-8-17-12-11(9-14(3)6-7-16)10(2)13-15(12)4/h5,16H,1,6-9H2,2-4H3. The highest BCUT2D eigenvalue weighted by Crippen LogP contribution is 2.22. The summed E-state index contributed by atoms with van der Waals surface area (Å²) in [4.78, 5) is 2.03. The van der Waals surface area contributed by atoms with Gasteiger partial charge in [0.2, 0.25) is 5.88 Å². The summed E-state index contributed by atoms with van der Waals surface area (Å²) in [6.45, 7) is 7.56. The molecule has 5 heteroatoms. The number of ether oxygens (including phenoxy) is 1. The molecule has 0 saturated heterocycles. The zero-order chi connectivity index (χ0) is 12.8. The van der Waals surface area contributed by atoms with E-state index in [9.17, 15) is 0 Å². The Morgan fingerprint density at radius 3 is 2.88 bits per heavy atom. The third-order valence-corrected chi connectivity index (χ3v) is 2.54. The Labute approximate surface area is 102 Å². The molecule has 0 aliphatic carbocycles. The van der Waals surface area contributed by atoms with Crippen LogP contribution in [0.4, 0.5) is 0 Å². The van der Waals surface area contributed by atoms with Crippen LogP contribution in [-0.4, -0.2) is 46.6 Å². The first kappa shape index (κ1) is 13.7. The Kier molecular flexibility index (Phi) is 5.18. The molecule has 0 unspecified atom stereocenters. The number of aliphatic hydroxyl groups is 1. The number of aliphatic hydroxyl groups excluding tert-OH is 1. The third-order valence-electron chi connectivity index (χ3n) is 2.54. The monoisotopic (exact) mass is 239 g/mol. The highest BCUT2D eigenvalue weighted by molar-refractivity contribution is 5.31. The zero-order valence-corrected chi connectivity index (χ0v) is 10.8. The van der Waals surface area contributed by atoms with Crippen molar-refractivity contribution in [3.63, 3.8) is 0 Å². The molecule has 1 N–H and O–H groups in total. The van der Waals surface area contributed by atoms with Crippen LogP contribution in [0.15, 0.2) is 12.7 Å². The van der Waals surface area contributed by atoms with Gasteiger partial charge in [-0.15, -0.1) is 0 Å². The van der Waals surface area contributed by atoms with Gasteiger partial charge in [-0.3, -0.25) is 4.90 Å². The number of hydrogen-bond acceptors (Lipinski definition) is 4. The van der Waals surface area contributed by atoms with Gasteiger partial charge in [-0.05, 0) is 14.0 Å². The molecular weight excluding hydrogens is 218 g/mol. The highest BCUT2D eigenvalue weighted by atomic mass is 16.5. The van der Waals surface area contributed by atoms with Gasteiger partial charge in [0.25, 0.3) is 0 Å². The molecule has 1 aromatic heterocycles. The molecule has 0 amide bonds. The molecule has 5 nitrogen and oxygen atoms in total. The zero-order valence-electron chi connectivity index (χ0n) is 10.8. The summed E-state index contributed by atoms with van der Waals surface area (Å²) in [7, 11) is 3.82. The van der Waals surface area contributed by atoms with Crippen molar-refractivity contribution < 1.29 is 9.84 Å². The summed E-state index contributed by atoms with van der Waals surface area (Å²) in [5.74, 6) is 0.771. The highest BCUT2D eigenvalue weighted by Gasteiger charge is 2.15. The van der Waals surface area contributed by atoms with Crippen molar-refractivity contribution in [2.75, 3.05) is 26.8 Å². The summed E-state index contributed by atoms with van der Waals surface area (Å²) in [5, 5.41) is 13.2. The normalized spacial score (nSPS) is 10.9. The van der Waals surface area contributed by atoms with Crippen LogP contribution in [-0.2, 0) is 13.6 Å². The first-order chi connectivity index (χ1) is 8.10. The van der Waals surface area contributed by atoms with Gasteiger partial charge in [0.05, 0.1) is 17.9 Å². The lowest BCUT2D eigenvalue weighted by atomic mass is 10.2. The molecule has 17 heavy (non-hydrogen) atoms. The minimum absolute atomic E-state index is 0.151. The van der Waals surface area contributed by atoms with Crippen molar-refractivity contribution in [3.05, 3.63) is 23.9 Å².